The Bertz CT molecular complexity index is 1010. The Morgan fingerprint density at radius 2 is 1.68 bits per heavy atom. The summed E-state index contributed by atoms with van der Waals surface area (Å²) in [6.45, 7) is 0. The summed E-state index contributed by atoms with van der Waals surface area (Å²) in [5, 5.41) is 4.00. The highest BCUT2D eigenvalue weighted by Gasteiger charge is 2.15. The SMILES string of the molecule is O=C(CSc1ncnc2scc(-c3ccccc3)c12)c1ccccc1. The molecule has 5 heteroatoms. The molecule has 4 aromatic rings. The second-order valence-electron chi connectivity index (χ2n) is 5.45. The molecular formula is C20H14N2OS2. The Labute approximate surface area is 153 Å². The van der Waals surface area contributed by atoms with Gasteiger partial charge in [-0.2, -0.15) is 0 Å². The van der Waals surface area contributed by atoms with Crippen LogP contribution >= 0.6 is 23.1 Å². The van der Waals surface area contributed by atoms with Crippen LogP contribution < -0.4 is 0 Å². The van der Waals surface area contributed by atoms with E-state index in [-0.39, 0.29) is 5.78 Å². The van der Waals surface area contributed by atoms with Crippen molar-refractivity contribution >= 4 is 39.1 Å². The van der Waals surface area contributed by atoms with Gasteiger partial charge >= 0.3 is 0 Å². The number of Topliss-reactive ketones (excluding diaryl/α,β-unsaturated/α-hetero) is 1. The predicted molar refractivity (Wildman–Crippen MR) is 104 cm³/mol. The van der Waals surface area contributed by atoms with Crippen molar-refractivity contribution < 1.29 is 4.79 Å². The predicted octanol–water partition coefficient (Wildman–Crippen LogP) is 5.33. The van der Waals surface area contributed by atoms with Crippen LogP contribution in [-0.4, -0.2) is 21.5 Å². The number of hydrogen-bond acceptors (Lipinski definition) is 5. The minimum absolute atomic E-state index is 0.105. The van der Waals surface area contributed by atoms with Crippen LogP contribution in [0.3, 0.4) is 0 Å². The summed E-state index contributed by atoms with van der Waals surface area (Å²) in [7, 11) is 0. The molecule has 2 aromatic carbocycles. The molecule has 0 saturated heterocycles. The molecule has 0 N–H and O–H groups in total. The van der Waals surface area contributed by atoms with E-state index in [4.69, 9.17) is 0 Å². The van der Waals surface area contributed by atoms with Crippen molar-refractivity contribution in [2.24, 2.45) is 0 Å². The van der Waals surface area contributed by atoms with Gasteiger partial charge in [0.2, 0.25) is 0 Å². The summed E-state index contributed by atoms with van der Waals surface area (Å²) in [4.78, 5) is 22.2. The number of thiophene rings is 1. The molecule has 3 nitrogen and oxygen atoms in total. The summed E-state index contributed by atoms with van der Waals surface area (Å²) in [6.07, 6.45) is 1.57. The van der Waals surface area contributed by atoms with Gasteiger partial charge in [0.05, 0.1) is 11.1 Å². The van der Waals surface area contributed by atoms with Crippen LogP contribution in [0, 0.1) is 0 Å². The molecule has 0 fully saturated rings. The quantitative estimate of drug-likeness (QED) is 0.273. The Morgan fingerprint density at radius 1 is 0.960 bits per heavy atom. The number of thioether (sulfide) groups is 1. The summed E-state index contributed by atoms with van der Waals surface area (Å²) < 4.78 is 0. The van der Waals surface area contributed by atoms with E-state index in [1.54, 1.807) is 17.7 Å². The van der Waals surface area contributed by atoms with Crippen LogP contribution in [0.25, 0.3) is 21.3 Å². The topological polar surface area (TPSA) is 42.9 Å². The molecule has 0 aliphatic rings. The van der Waals surface area contributed by atoms with Crippen LogP contribution in [0.4, 0.5) is 0 Å². The van der Waals surface area contributed by atoms with E-state index in [1.165, 1.54) is 11.8 Å². The molecule has 2 aromatic heterocycles. The molecule has 0 aliphatic carbocycles. The zero-order valence-electron chi connectivity index (χ0n) is 13.3. The average molecular weight is 362 g/mol. The van der Waals surface area contributed by atoms with E-state index < -0.39 is 0 Å². The standard InChI is InChI=1S/C20H14N2OS2/c23-17(15-9-5-2-6-10-15)12-25-20-18-16(14-7-3-1-4-8-14)11-24-19(18)21-13-22-20/h1-11,13H,12H2. The number of hydrogen-bond donors (Lipinski definition) is 0. The van der Waals surface area contributed by atoms with Gasteiger partial charge in [0.1, 0.15) is 16.2 Å². The van der Waals surface area contributed by atoms with Gasteiger partial charge < -0.3 is 0 Å². The highest BCUT2D eigenvalue weighted by atomic mass is 32.2. The maximum absolute atomic E-state index is 12.4. The van der Waals surface area contributed by atoms with E-state index in [0.29, 0.717) is 5.75 Å². The molecule has 4 rings (SSSR count). The molecule has 0 amide bonds. The van der Waals surface area contributed by atoms with E-state index in [9.17, 15) is 4.79 Å². The van der Waals surface area contributed by atoms with Crippen LogP contribution in [0.1, 0.15) is 10.4 Å². The van der Waals surface area contributed by atoms with Gasteiger partial charge in [0.15, 0.2) is 5.78 Å². The lowest BCUT2D eigenvalue weighted by Gasteiger charge is -2.05. The van der Waals surface area contributed by atoms with Crippen molar-refractivity contribution in [3.05, 3.63) is 77.9 Å². The lowest BCUT2D eigenvalue weighted by molar-refractivity contribution is 0.102. The number of benzene rings is 2. The number of fused-ring (bicyclic) bond motifs is 1. The number of carbonyl (C=O) groups is 1. The maximum atomic E-state index is 12.4. The first-order valence-electron chi connectivity index (χ1n) is 7.81. The Hall–Kier alpha value is -2.50. The number of ketones is 1. The number of nitrogens with zero attached hydrogens (tertiary/aromatic N) is 2. The van der Waals surface area contributed by atoms with E-state index >= 15 is 0 Å². The first-order chi connectivity index (χ1) is 12.3. The molecule has 0 aliphatic heterocycles. The lowest BCUT2D eigenvalue weighted by Crippen LogP contribution is -2.02. The Kier molecular flexibility index (Phi) is 4.59. The third-order valence-corrected chi connectivity index (χ3v) is 5.73. The number of carbonyl (C=O) groups excluding carboxylic acids is 1. The van der Waals surface area contributed by atoms with Gasteiger partial charge in [-0.3, -0.25) is 4.79 Å². The molecule has 0 atom stereocenters. The van der Waals surface area contributed by atoms with E-state index in [0.717, 1.165) is 31.9 Å². The van der Waals surface area contributed by atoms with Gasteiger partial charge in [-0.25, -0.2) is 9.97 Å². The highest BCUT2D eigenvalue weighted by Crippen LogP contribution is 2.37. The van der Waals surface area contributed by atoms with E-state index in [1.807, 2.05) is 48.5 Å². The Balaban J connectivity index is 1.66. The van der Waals surface area contributed by atoms with Crippen molar-refractivity contribution in [1.29, 1.82) is 0 Å². The van der Waals surface area contributed by atoms with Crippen molar-refractivity contribution in [3.63, 3.8) is 0 Å². The fraction of sp³-hybridized carbons (Fsp3) is 0.0500. The molecule has 0 unspecified atom stereocenters. The van der Waals surface area contributed by atoms with Gasteiger partial charge in [-0.1, -0.05) is 72.4 Å². The van der Waals surface area contributed by atoms with Crippen LogP contribution in [-0.2, 0) is 0 Å². The molecular weight excluding hydrogens is 348 g/mol. The largest absolute Gasteiger partial charge is 0.293 e. The fourth-order valence-corrected chi connectivity index (χ4v) is 4.52. The van der Waals surface area contributed by atoms with Crippen LogP contribution in [0.5, 0.6) is 0 Å². The normalized spacial score (nSPS) is 10.9. The van der Waals surface area contributed by atoms with Gasteiger partial charge in [-0.15, -0.1) is 11.3 Å². The highest BCUT2D eigenvalue weighted by molar-refractivity contribution is 8.00. The zero-order chi connectivity index (χ0) is 17.1. The van der Waals surface area contributed by atoms with Gasteiger partial charge in [0, 0.05) is 16.5 Å². The fourth-order valence-electron chi connectivity index (χ4n) is 2.63. The molecule has 0 bridgehead atoms. The lowest BCUT2D eigenvalue weighted by atomic mass is 10.1. The van der Waals surface area contributed by atoms with Crippen LogP contribution in [0.15, 0.2) is 77.4 Å². The smallest absolute Gasteiger partial charge is 0.173 e. The molecule has 2 heterocycles. The minimum atomic E-state index is 0.105. The first kappa shape index (κ1) is 16.0. The summed E-state index contributed by atoms with van der Waals surface area (Å²) in [5.41, 5.74) is 2.99. The summed E-state index contributed by atoms with van der Waals surface area (Å²) in [5.74, 6) is 0.467. The molecule has 0 radical (unpaired) electrons. The average Bonchev–Trinajstić information content (AvgIpc) is 3.12. The number of rotatable bonds is 5. The third kappa shape index (κ3) is 3.34. The Morgan fingerprint density at radius 3 is 2.44 bits per heavy atom. The summed E-state index contributed by atoms with van der Waals surface area (Å²) >= 11 is 3.08. The third-order valence-electron chi connectivity index (χ3n) is 3.86. The molecule has 0 saturated carbocycles. The van der Waals surface area contributed by atoms with Gasteiger partial charge in [-0.05, 0) is 5.56 Å². The minimum Gasteiger partial charge on any atom is -0.293 e. The van der Waals surface area contributed by atoms with Crippen LogP contribution in [0.2, 0.25) is 0 Å². The first-order valence-corrected chi connectivity index (χ1v) is 9.68. The van der Waals surface area contributed by atoms with Gasteiger partial charge in [0.25, 0.3) is 0 Å². The second-order valence-corrected chi connectivity index (χ2v) is 7.27. The van der Waals surface area contributed by atoms with Crippen molar-refractivity contribution in [3.8, 4) is 11.1 Å². The second kappa shape index (κ2) is 7.17. The number of aromatic nitrogens is 2. The molecule has 0 spiro atoms. The molecule has 122 valence electrons. The summed E-state index contributed by atoms with van der Waals surface area (Å²) in [6, 6.07) is 19.6. The molecule has 25 heavy (non-hydrogen) atoms. The van der Waals surface area contributed by atoms with Crippen molar-refractivity contribution in [2.75, 3.05) is 5.75 Å². The zero-order valence-corrected chi connectivity index (χ0v) is 14.9. The van der Waals surface area contributed by atoms with Crippen molar-refractivity contribution in [2.45, 2.75) is 5.03 Å². The maximum Gasteiger partial charge on any atom is 0.173 e. The van der Waals surface area contributed by atoms with E-state index in [2.05, 4.69) is 27.5 Å². The van der Waals surface area contributed by atoms with Crippen molar-refractivity contribution in [1.82, 2.24) is 9.97 Å². The monoisotopic (exact) mass is 362 g/mol.